The zero-order valence-corrected chi connectivity index (χ0v) is 26.3. The number of aryl methyl sites for hydroxylation is 1. The summed E-state index contributed by atoms with van der Waals surface area (Å²) >= 11 is 0. The number of nitrogens with zero attached hydrogens (tertiary/aromatic N) is 2. The number of aldehydes is 1. The molecular formula is C36H34FN5O5. The van der Waals surface area contributed by atoms with Gasteiger partial charge in [0.1, 0.15) is 17.7 Å². The Bertz CT molecular complexity index is 1880. The molecule has 0 saturated carbocycles. The fourth-order valence-corrected chi connectivity index (χ4v) is 4.68. The quantitative estimate of drug-likeness (QED) is 0.141. The number of rotatable bonds is 9. The van der Waals surface area contributed by atoms with Crippen LogP contribution in [0.5, 0.6) is 0 Å². The van der Waals surface area contributed by atoms with Crippen LogP contribution >= 0.6 is 0 Å². The minimum Gasteiger partial charge on any atom is -0.444 e. The molecule has 1 unspecified atom stereocenters. The lowest BCUT2D eigenvalue weighted by Crippen LogP contribution is -2.40. The topological polar surface area (TPSA) is 135 Å². The van der Waals surface area contributed by atoms with Gasteiger partial charge in [0.05, 0.1) is 11.6 Å². The van der Waals surface area contributed by atoms with Gasteiger partial charge in [0.25, 0.3) is 5.89 Å². The van der Waals surface area contributed by atoms with Gasteiger partial charge in [0.2, 0.25) is 5.82 Å². The van der Waals surface area contributed by atoms with Gasteiger partial charge in [-0.3, -0.25) is 5.32 Å². The number of ether oxygens (including phenoxy) is 1. The average molecular weight is 636 g/mol. The van der Waals surface area contributed by atoms with Crippen LogP contribution in [0.25, 0.3) is 34.0 Å². The van der Waals surface area contributed by atoms with Crippen molar-refractivity contribution in [2.75, 3.05) is 10.6 Å². The number of halogens is 1. The summed E-state index contributed by atoms with van der Waals surface area (Å²) in [7, 11) is 0. The van der Waals surface area contributed by atoms with E-state index in [0.29, 0.717) is 28.8 Å². The van der Waals surface area contributed by atoms with Crippen molar-refractivity contribution >= 4 is 29.8 Å². The molecule has 0 spiro atoms. The van der Waals surface area contributed by atoms with Crippen LogP contribution in [0, 0.1) is 12.7 Å². The molecule has 3 N–H and O–H groups in total. The first kappa shape index (κ1) is 32.6. The Balaban J connectivity index is 1.19. The summed E-state index contributed by atoms with van der Waals surface area (Å²) in [5, 5.41) is 11.9. The molecule has 0 aliphatic heterocycles. The minimum absolute atomic E-state index is 0.0392. The van der Waals surface area contributed by atoms with E-state index in [0.717, 1.165) is 16.7 Å². The maximum Gasteiger partial charge on any atom is 0.412 e. The highest BCUT2D eigenvalue weighted by Gasteiger charge is 2.19. The van der Waals surface area contributed by atoms with Crippen LogP contribution in [-0.2, 0) is 16.0 Å². The van der Waals surface area contributed by atoms with Crippen molar-refractivity contribution in [3.63, 3.8) is 0 Å². The largest absolute Gasteiger partial charge is 0.444 e. The van der Waals surface area contributed by atoms with Crippen molar-refractivity contribution in [1.82, 2.24) is 15.5 Å². The van der Waals surface area contributed by atoms with E-state index in [1.165, 1.54) is 12.1 Å². The summed E-state index contributed by atoms with van der Waals surface area (Å²) in [6.07, 6.45) is 0.0923. The Labute approximate surface area is 271 Å². The van der Waals surface area contributed by atoms with Crippen LogP contribution in [-0.4, -0.2) is 40.2 Å². The van der Waals surface area contributed by atoms with Crippen molar-refractivity contribution in [2.24, 2.45) is 0 Å². The highest BCUT2D eigenvalue weighted by atomic mass is 19.1. The number of hydrogen-bond acceptors (Lipinski definition) is 7. The van der Waals surface area contributed by atoms with E-state index < -0.39 is 29.6 Å². The normalized spacial score (nSPS) is 11.8. The molecule has 1 heterocycles. The van der Waals surface area contributed by atoms with Gasteiger partial charge in [0.15, 0.2) is 0 Å². The molecule has 0 saturated heterocycles. The highest BCUT2D eigenvalue weighted by Crippen LogP contribution is 2.27. The summed E-state index contributed by atoms with van der Waals surface area (Å²) in [4.78, 5) is 40.8. The van der Waals surface area contributed by atoms with Crippen LogP contribution in [0.3, 0.4) is 0 Å². The molecule has 240 valence electrons. The molecule has 10 nitrogen and oxygen atoms in total. The number of anilines is 2. The van der Waals surface area contributed by atoms with Crippen molar-refractivity contribution in [2.45, 2.75) is 45.8 Å². The van der Waals surface area contributed by atoms with Crippen LogP contribution in [0.4, 0.5) is 25.4 Å². The van der Waals surface area contributed by atoms with Crippen molar-refractivity contribution < 1.29 is 28.0 Å². The molecule has 5 rings (SSSR count). The second-order valence-electron chi connectivity index (χ2n) is 11.9. The highest BCUT2D eigenvalue weighted by molar-refractivity contribution is 5.91. The summed E-state index contributed by atoms with van der Waals surface area (Å²) < 4.78 is 25.8. The fraction of sp³-hybridized carbons (Fsp3) is 0.194. The van der Waals surface area contributed by atoms with E-state index in [4.69, 9.17) is 9.26 Å². The molecule has 1 aromatic heterocycles. The molecule has 5 aromatic rings. The molecule has 47 heavy (non-hydrogen) atoms. The first-order valence-corrected chi connectivity index (χ1v) is 14.9. The zero-order valence-electron chi connectivity index (χ0n) is 26.3. The number of benzene rings is 4. The third-order valence-corrected chi connectivity index (χ3v) is 6.92. The Morgan fingerprint density at radius 2 is 1.62 bits per heavy atom. The second-order valence-corrected chi connectivity index (χ2v) is 11.9. The van der Waals surface area contributed by atoms with Crippen LogP contribution in [0.15, 0.2) is 95.5 Å². The molecule has 11 heteroatoms. The first-order chi connectivity index (χ1) is 22.5. The van der Waals surface area contributed by atoms with E-state index in [1.807, 2.05) is 49.4 Å². The molecule has 0 bridgehead atoms. The van der Waals surface area contributed by atoms with Gasteiger partial charge in [-0.15, -0.1) is 0 Å². The van der Waals surface area contributed by atoms with Gasteiger partial charge >= 0.3 is 12.1 Å². The Hall–Kier alpha value is -5.84. The first-order valence-electron chi connectivity index (χ1n) is 14.9. The number of amides is 3. The predicted octanol–water partition coefficient (Wildman–Crippen LogP) is 7.80. The van der Waals surface area contributed by atoms with Crippen LogP contribution in [0.1, 0.15) is 31.9 Å². The summed E-state index contributed by atoms with van der Waals surface area (Å²) in [6, 6.07) is 25.0. The van der Waals surface area contributed by atoms with E-state index in [2.05, 4.69) is 26.1 Å². The van der Waals surface area contributed by atoms with Gasteiger partial charge in [-0.05, 0) is 99.3 Å². The summed E-state index contributed by atoms with van der Waals surface area (Å²) in [6.45, 7) is 7.33. The lowest BCUT2D eigenvalue weighted by Gasteiger charge is -2.19. The van der Waals surface area contributed by atoms with Gasteiger partial charge in [0, 0.05) is 16.9 Å². The number of nitrogens with one attached hydrogen (secondary N) is 3. The van der Waals surface area contributed by atoms with Crippen LogP contribution < -0.4 is 16.0 Å². The Morgan fingerprint density at radius 1 is 0.894 bits per heavy atom. The molecular weight excluding hydrogens is 601 g/mol. The van der Waals surface area contributed by atoms with Crippen LogP contribution in [0.2, 0.25) is 0 Å². The van der Waals surface area contributed by atoms with Crippen molar-refractivity contribution in [1.29, 1.82) is 0 Å². The van der Waals surface area contributed by atoms with Gasteiger partial charge in [-0.2, -0.15) is 4.98 Å². The molecule has 1 atom stereocenters. The average Bonchev–Trinajstić information content (AvgIpc) is 3.51. The lowest BCUT2D eigenvalue weighted by molar-refractivity contribution is -0.109. The molecule has 0 fully saturated rings. The lowest BCUT2D eigenvalue weighted by atomic mass is 10.0. The Morgan fingerprint density at radius 3 is 2.30 bits per heavy atom. The maximum atomic E-state index is 15.2. The SMILES string of the molecule is Cc1ccc(-c2cccc(NC(=O)NC(C=O)Cc3ccc(-c4noc(-c5ccc(NC(=O)OC(C)(C)C)cc5)n4)c(F)c3)c2)cc1. The van der Waals surface area contributed by atoms with E-state index in [9.17, 15) is 14.4 Å². The van der Waals surface area contributed by atoms with E-state index in [-0.39, 0.29) is 23.7 Å². The van der Waals surface area contributed by atoms with Gasteiger partial charge in [-0.1, -0.05) is 53.2 Å². The second kappa shape index (κ2) is 14.1. The summed E-state index contributed by atoms with van der Waals surface area (Å²) in [5.74, 6) is -0.418. The monoisotopic (exact) mass is 635 g/mol. The van der Waals surface area contributed by atoms with Gasteiger partial charge < -0.3 is 24.7 Å². The smallest absolute Gasteiger partial charge is 0.412 e. The molecule has 0 aliphatic carbocycles. The third kappa shape index (κ3) is 8.88. The zero-order chi connectivity index (χ0) is 33.6. The van der Waals surface area contributed by atoms with Gasteiger partial charge in [-0.25, -0.2) is 14.0 Å². The number of aromatic nitrogens is 2. The number of urea groups is 1. The van der Waals surface area contributed by atoms with E-state index >= 15 is 4.39 Å². The van der Waals surface area contributed by atoms with E-state index in [1.54, 1.807) is 57.2 Å². The molecule has 0 radical (unpaired) electrons. The molecule has 3 amide bonds. The molecule has 4 aromatic carbocycles. The predicted molar refractivity (Wildman–Crippen MR) is 177 cm³/mol. The van der Waals surface area contributed by atoms with Crippen molar-refractivity contribution in [3.8, 4) is 34.0 Å². The Kier molecular flexibility index (Phi) is 9.74. The standard InChI is InChI=1S/C36H34FN5O5/c1-22-8-11-24(12-9-22)26-6-5-7-28(20-26)38-34(44)39-29(21-43)18-23-10-17-30(31(37)19-23)32-41-33(47-42-32)25-13-15-27(16-14-25)40-35(45)46-36(2,3)4/h5-17,19-21,29H,18H2,1-4H3,(H,40,45)(H2,38,39,44). The number of hydrogen-bond donors (Lipinski definition) is 3. The number of carbonyl (C=O) groups is 3. The number of carbonyl (C=O) groups excluding carboxylic acids is 3. The third-order valence-electron chi connectivity index (χ3n) is 6.92. The minimum atomic E-state index is -0.898. The fourth-order valence-electron chi connectivity index (χ4n) is 4.68. The maximum absolute atomic E-state index is 15.2. The van der Waals surface area contributed by atoms with Crippen molar-refractivity contribution in [3.05, 3.63) is 108 Å². The summed E-state index contributed by atoms with van der Waals surface area (Å²) in [5.41, 5.74) is 4.70. The molecule has 0 aliphatic rings.